The lowest BCUT2D eigenvalue weighted by atomic mass is 10.1. The Kier molecular flexibility index (Phi) is 4.46. The number of hydrogen-bond donors (Lipinski definition) is 1. The van der Waals surface area contributed by atoms with Gasteiger partial charge in [0.1, 0.15) is 5.56 Å². The van der Waals surface area contributed by atoms with Gasteiger partial charge in [-0.3, -0.25) is 14.0 Å². The van der Waals surface area contributed by atoms with Crippen LogP contribution in [0.4, 0.5) is 0 Å². The summed E-state index contributed by atoms with van der Waals surface area (Å²) in [6.07, 6.45) is 1.31. The average molecular weight is 343 g/mol. The third-order valence-corrected chi connectivity index (χ3v) is 4.65. The topological polar surface area (TPSA) is 74.9 Å². The standard InChI is InChI=1S/C17H17N3O3S/c1-11-3-5-12(6-4-11)14-10-24-17-18-9-13(16(23)20(14)17)15(22)19(2)7-8-21/h3-6,9-10,21H,7-8H2,1-2H3. The predicted octanol–water partition coefficient (Wildman–Crippen LogP) is 1.80. The number of amides is 1. The fraction of sp³-hybridized carbons (Fsp3) is 0.235. The van der Waals surface area contributed by atoms with Gasteiger partial charge in [-0.1, -0.05) is 29.8 Å². The second kappa shape index (κ2) is 6.54. The Hall–Kier alpha value is -2.51. The highest BCUT2D eigenvalue weighted by Gasteiger charge is 2.19. The van der Waals surface area contributed by atoms with Crippen LogP contribution in [-0.2, 0) is 0 Å². The van der Waals surface area contributed by atoms with Crippen molar-refractivity contribution in [1.82, 2.24) is 14.3 Å². The van der Waals surface area contributed by atoms with Crippen molar-refractivity contribution in [3.8, 4) is 11.3 Å². The zero-order valence-corrected chi connectivity index (χ0v) is 14.2. The Labute approximate surface area is 142 Å². The van der Waals surface area contributed by atoms with Crippen molar-refractivity contribution in [3.63, 3.8) is 0 Å². The molecule has 1 amide bonds. The molecule has 124 valence electrons. The number of fused-ring (bicyclic) bond motifs is 1. The zero-order valence-electron chi connectivity index (χ0n) is 13.4. The van der Waals surface area contributed by atoms with Gasteiger partial charge in [-0.05, 0) is 12.5 Å². The summed E-state index contributed by atoms with van der Waals surface area (Å²) in [6, 6.07) is 7.83. The van der Waals surface area contributed by atoms with Gasteiger partial charge in [0.25, 0.3) is 11.5 Å². The summed E-state index contributed by atoms with van der Waals surface area (Å²) in [7, 11) is 1.54. The molecule has 2 heterocycles. The number of aryl methyl sites for hydroxylation is 1. The summed E-state index contributed by atoms with van der Waals surface area (Å²) in [6.45, 7) is 2.00. The highest BCUT2D eigenvalue weighted by Crippen LogP contribution is 2.24. The van der Waals surface area contributed by atoms with Gasteiger partial charge >= 0.3 is 0 Å². The van der Waals surface area contributed by atoms with E-state index in [-0.39, 0.29) is 18.7 Å². The van der Waals surface area contributed by atoms with Gasteiger partial charge in [-0.2, -0.15) is 0 Å². The minimum absolute atomic E-state index is 0.00443. The summed E-state index contributed by atoms with van der Waals surface area (Å²) in [5.41, 5.74) is 2.34. The summed E-state index contributed by atoms with van der Waals surface area (Å²) >= 11 is 1.35. The minimum atomic E-state index is -0.447. The van der Waals surface area contributed by atoms with Crippen LogP contribution in [0, 0.1) is 6.92 Å². The minimum Gasteiger partial charge on any atom is -0.395 e. The largest absolute Gasteiger partial charge is 0.395 e. The van der Waals surface area contributed by atoms with Crippen LogP contribution in [0.3, 0.4) is 0 Å². The number of aliphatic hydroxyl groups excluding tert-OH is 1. The molecule has 0 aliphatic heterocycles. The van der Waals surface area contributed by atoms with Crippen molar-refractivity contribution in [2.24, 2.45) is 0 Å². The van der Waals surface area contributed by atoms with E-state index in [1.165, 1.54) is 26.8 Å². The van der Waals surface area contributed by atoms with E-state index in [9.17, 15) is 9.59 Å². The predicted molar refractivity (Wildman–Crippen MR) is 93.6 cm³/mol. The van der Waals surface area contributed by atoms with Crippen molar-refractivity contribution in [2.75, 3.05) is 20.2 Å². The third kappa shape index (κ3) is 2.83. The maximum absolute atomic E-state index is 12.8. The fourth-order valence-corrected chi connectivity index (χ4v) is 3.28. The van der Waals surface area contributed by atoms with Crippen LogP contribution < -0.4 is 5.56 Å². The molecule has 0 atom stereocenters. The van der Waals surface area contributed by atoms with Crippen LogP contribution in [0.5, 0.6) is 0 Å². The molecule has 0 saturated heterocycles. The smallest absolute Gasteiger partial charge is 0.271 e. The first kappa shape index (κ1) is 16.4. The van der Waals surface area contributed by atoms with E-state index in [0.29, 0.717) is 10.7 Å². The zero-order chi connectivity index (χ0) is 17.3. The van der Waals surface area contributed by atoms with Gasteiger partial charge in [0.15, 0.2) is 4.96 Å². The normalized spacial score (nSPS) is 11.0. The van der Waals surface area contributed by atoms with Crippen molar-refractivity contribution in [2.45, 2.75) is 6.92 Å². The molecule has 0 bridgehead atoms. The van der Waals surface area contributed by atoms with E-state index in [1.54, 1.807) is 7.05 Å². The fourth-order valence-electron chi connectivity index (χ4n) is 2.42. The number of hydrogen-bond acceptors (Lipinski definition) is 5. The number of nitrogens with zero attached hydrogens (tertiary/aromatic N) is 3. The number of rotatable bonds is 4. The molecule has 3 aromatic rings. The first-order chi connectivity index (χ1) is 11.5. The Bertz CT molecular complexity index is 944. The van der Waals surface area contributed by atoms with E-state index < -0.39 is 11.5 Å². The summed E-state index contributed by atoms with van der Waals surface area (Å²) in [5, 5.41) is 10.8. The van der Waals surface area contributed by atoms with Crippen LogP contribution in [0.15, 0.2) is 40.6 Å². The lowest BCUT2D eigenvalue weighted by Gasteiger charge is -2.15. The molecule has 0 fully saturated rings. The Morgan fingerprint density at radius 3 is 2.71 bits per heavy atom. The van der Waals surface area contributed by atoms with Crippen molar-refractivity contribution >= 4 is 22.2 Å². The number of carbonyl (C=O) groups is 1. The molecule has 0 aliphatic rings. The molecule has 0 radical (unpaired) electrons. The van der Waals surface area contributed by atoms with Crippen molar-refractivity contribution in [3.05, 3.63) is 57.3 Å². The van der Waals surface area contributed by atoms with Gasteiger partial charge in [0, 0.05) is 25.2 Å². The number of thiazole rings is 1. The van der Waals surface area contributed by atoms with E-state index in [4.69, 9.17) is 5.11 Å². The van der Waals surface area contributed by atoms with Gasteiger partial charge in [-0.15, -0.1) is 11.3 Å². The number of aromatic nitrogens is 2. The molecule has 1 aromatic carbocycles. The van der Waals surface area contributed by atoms with Gasteiger partial charge in [-0.25, -0.2) is 4.98 Å². The molecule has 24 heavy (non-hydrogen) atoms. The molecule has 7 heteroatoms. The molecular weight excluding hydrogens is 326 g/mol. The SMILES string of the molecule is Cc1ccc(-c2csc3ncc(C(=O)N(C)CCO)c(=O)n23)cc1. The van der Waals surface area contributed by atoms with E-state index in [2.05, 4.69) is 4.98 Å². The number of aliphatic hydroxyl groups is 1. The van der Waals surface area contributed by atoms with Crippen molar-refractivity contribution in [1.29, 1.82) is 0 Å². The number of carbonyl (C=O) groups excluding carboxylic acids is 1. The number of benzene rings is 1. The maximum Gasteiger partial charge on any atom is 0.271 e. The molecule has 0 unspecified atom stereocenters. The second-order valence-corrected chi connectivity index (χ2v) is 6.37. The summed E-state index contributed by atoms with van der Waals surface area (Å²) in [5.74, 6) is -0.447. The van der Waals surface area contributed by atoms with Gasteiger partial charge in [0.2, 0.25) is 0 Å². The quantitative estimate of drug-likeness (QED) is 0.784. The first-order valence-corrected chi connectivity index (χ1v) is 8.33. The average Bonchev–Trinajstić information content (AvgIpc) is 3.00. The van der Waals surface area contributed by atoms with Gasteiger partial charge in [0.05, 0.1) is 12.3 Å². The molecular formula is C17H17N3O3S. The highest BCUT2D eigenvalue weighted by molar-refractivity contribution is 7.15. The summed E-state index contributed by atoms with van der Waals surface area (Å²) < 4.78 is 1.47. The molecule has 1 N–H and O–H groups in total. The van der Waals surface area contributed by atoms with Crippen LogP contribution in [0.2, 0.25) is 0 Å². The van der Waals surface area contributed by atoms with Crippen LogP contribution in [-0.4, -0.2) is 45.5 Å². The monoisotopic (exact) mass is 343 g/mol. The lowest BCUT2D eigenvalue weighted by Crippen LogP contribution is -2.34. The molecule has 0 aliphatic carbocycles. The Morgan fingerprint density at radius 2 is 2.04 bits per heavy atom. The maximum atomic E-state index is 12.8. The lowest BCUT2D eigenvalue weighted by molar-refractivity contribution is 0.0764. The van der Waals surface area contributed by atoms with Crippen LogP contribution >= 0.6 is 11.3 Å². The van der Waals surface area contributed by atoms with E-state index in [1.807, 2.05) is 36.6 Å². The Morgan fingerprint density at radius 1 is 1.33 bits per heavy atom. The third-order valence-electron chi connectivity index (χ3n) is 3.81. The van der Waals surface area contributed by atoms with E-state index in [0.717, 1.165) is 11.1 Å². The molecule has 6 nitrogen and oxygen atoms in total. The van der Waals surface area contributed by atoms with Gasteiger partial charge < -0.3 is 10.0 Å². The number of likely N-dealkylation sites (N-methyl/N-ethyl adjacent to an activating group) is 1. The van der Waals surface area contributed by atoms with Crippen LogP contribution in [0.25, 0.3) is 16.2 Å². The van der Waals surface area contributed by atoms with Crippen LogP contribution in [0.1, 0.15) is 15.9 Å². The van der Waals surface area contributed by atoms with Crippen molar-refractivity contribution < 1.29 is 9.90 Å². The second-order valence-electron chi connectivity index (χ2n) is 5.53. The van der Waals surface area contributed by atoms with E-state index >= 15 is 0 Å². The highest BCUT2D eigenvalue weighted by atomic mass is 32.1. The molecule has 2 aromatic heterocycles. The Balaban J connectivity index is 2.14. The molecule has 0 spiro atoms. The first-order valence-electron chi connectivity index (χ1n) is 7.45. The molecule has 3 rings (SSSR count). The summed E-state index contributed by atoms with van der Waals surface area (Å²) in [4.78, 5) is 31.3. The molecule has 0 saturated carbocycles.